The summed E-state index contributed by atoms with van der Waals surface area (Å²) < 4.78 is 60.1. The first-order valence-electron chi connectivity index (χ1n) is 16.1. The van der Waals surface area contributed by atoms with Crippen molar-refractivity contribution in [3.8, 4) is 5.75 Å². The molecule has 8 nitrogen and oxygen atoms in total. The van der Waals surface area contributed by atoms with Crippen molar-refractivity contribution in [1.82, 2.24) is 9.62 Å². The molecule has 2 aliphatic carbocycles. The summed E-state index contributed by atoms with van der Waals surface area (Å²) in [6.07, 6.45) is 6.84. The number of carbonyl (C=O) groups is 1. The van der Waals surface area contributed by atoms with E-state index in [4.69, 9.17) is 20.5 Å². The van der Waals surface area contributed by atoms with Gasteiger partial charge in [0.1, 0.15) is 5.75 Å². The number of hydrogen-bond acceptors (Lipinski definition) is 7. The number of likely N-dealkylation sites (N-methyl/N-ethyl adjacent to an activating group) is 1. The van der Waals surface area contributed by atoms with Crippen LogP contribution in [0.5, 0.6) is 5.75 Å². The number of rotatable bonds is 0. The summed E-state index contributed by atoms with van der Waals surface area (Å²) in [5.41, 5.74) is 0.904. The summed E-state index contributed by atoms with van der Waals surface area (Å²) in [6, 6.07) is 10.6. The highest BCUT2D eigenvalue weighted by molar-refractivity contribution is 7.90. The van der Waals surface area contributed by atoms with Crippen LogP contribution in [0.15, 0.2) is 53.4 Å². The van der Waals surface area contributed by atoms with Crippen molar-refractivity contribution in [2.75, 3.05) is 38.1 Å². The number of aryl methyl sites for hydroxylation is 1. The summed E-state index contributed by atoms with van der Waals surface area (Å²) >= 11 is 6.37. The zero-order valence-electron chi connectivity index (χ0n) is 27.0. The van der Waals surface area contributed by atoms with E-state index in [1.165, 1.54) is 31.0 Å². The maximum atomic E-state index is 13.7. The van der Waals surface area contributed by atoms with Gasteiger partial charge in [0, 0.05) is 34.2 Å². The second kappa shape index (κ2) is 10.8. The van der Waals surface area contributed by atoms with Crippen molar-refractivity contribution in [2.24, 2.45) is 11.8 Å². The molecule has 0 unspecified atom stereocenters. The average Bonchev–Trinajstić information content (AvgIpc) is 3.09. The third-order valence-electron chi connectivity index (χ3n) is 9.77. The number of aliphatic hydroxyl groups excluding tert-OH is 1. The number of fused-ring (bicyclic) bond motifs is 4. The standard InChI is InChI=1S/C32H40ClN3O5S/c1-31(2)30(38)34-42(39,40)24-10-13-29-27(17-24)36(18-22-8-11-25(22)28(37)7-5-15-35(31)3)19-32(20-41-29)14-4-6-21-16-23(33)9-12-26(21)32/h5,7,9-10,12-13,16-17,22,25,28,37H,4,6,8,11,14-15,18-20H2,1-3H3,(H,34,38)/b7-5-/t22-,25+,28-,32-/m0/s1/i3D3. The van der Waals surface area contributed by atoms with Gasteiger partial charge in [0.15, 0.2) is 0 Å². The summed E-state index contributed by atoms with van der Waals surface area (Å²) in [5, 5.41) is 11.9. The van der Waals surface area contributed by atoms with Crippen molar-refractivity contribution >= 4 is 33.2 Å². The van der Waals surface area contributed by atoms with E-state index in [1.54, 1.807) is 24.3 Å². The number of carbonyl (C=O) groups excluding carboxylic acids is 1. The molecule has 2 N–H and O–H groups in total. The Morgan fingerprint density at radius 3 is 2.79 bits per heavy atom. The molecule has 4 atom stereocenters. The van der Waals surface area contributed by atoms with Crippen LogP contribution in [0.3, 0.4) is 0 Å². The Bertz CT molecular complexity index is 1630. The lowest BCUT2D eigenvalue weighted by Gasteiger charge is -2.45. The molecule has 1 fully saturated rings. The lowest BCUT2D eigenvalue weighted by Crippen LogP contribution is -2.54. The lowest BCUT2D eigenvalue weighted by molar-refractivity contribution is -0.128. The van der Waals surface area contributed by atoms with Gasteiger partial charge in [-0.3, -0.25) is 9.69 Å². The van der Waals surface area contributed by atoms with Crippen LogP contribution in [0.2, 0.25) is 5.02 Å². The summed E-state index contributed by atoms with van der Waals surface area (Å²) in [6.45, 7) is 1.43. The van der Waals surface area contributed by atoms with E-state index in [2.05, 4.69) is 15.7 Å². The Morgan fingerprint density at radius 1 is 1.19 bits per heavy atom. The van der Waals surface area contributed by atoms with Crippen molar-refractivity contribution in [3.05, 3.63) is 64.7 Å². The summed E-state index contributed by atoms with van der Waals surface area (Å²) in [5.74, 6) is -0.369. The molecule has 1 spiro atoms. The normalized spacial score (nSPS) is 32.9. The van der Waals surface area contributed by atoms with Crippen LogP contribution >= 0.6 is 11.6 Å². The molecule has 42 heavy (non-hydrogen) atoms. The molecule has 0 saturated heterocycles. The highest BCUT2D eigenvalue weighted by Gasteiger charge is 2.44. The SMILES string of the molecule is [2H]C([2H])([2H])N1C/C=C\[C@H](O)[C@@H]2CC[C@H]2CN2C[C@@]3(CCCc4cc(Cl)ccc43)COc3ccc(cc32)S(=O)(=O)NC(=O)C1(C)C. The summed E-state index contributed by atoms with van der Waals surface area (Å²) in [4.78, 5) is 16.5. The average molecular weight is 617 g/mol. The highest BCUT2D eigenvalue weighted by Crippen LogP contribution is 2.47. The Hall–Kier alpha value is -2.59. The summed E-state index contributed by atoms with van der Waals surface area (Å²) in [7, 11) is -4.38. The van der Waals surface area contributed by atoms with Gasteiger partial charge in [-0.05, 0) is 106 Å². The molecule has 4 aliphatic rings. The molecule has 2 aromatic rings. The lowest BCUT2D eigenvalue weighted by atomic mass is 9.68. The van der Waals surface area contributed by atoms with Gasteiger partial charge in [0.2, 0.25) is 0 Å². The molecule has 6 rings (SSSR count). The Labute approximate surface area is 257 Å². The predicted molar refractivity (Wildman–Crippen MR) is 164 cm³/mol. The number of nitrogens with zero attached hydrogens (tertiary/aromatic N) is 2. The van der Waals surface area contributed by atoms with Gasteiger partial charge in [-0.25, -0.2) is 13.1 Å². The van der Waals surface area contributed by atoms with Crippen molar-refractivity contribution in [2.45, 2.75) is 67.9 Å². The van der Waals surface area contributed by atoms with Crippen molar-refractivity contribution in [3.63, 3.8) is 0 Å². The molecule has 10 heteroatoms. The van der Waals surface area contributed by atoms with Crippen LogP contribution in [-0.4, -0.2) is 69.2 Å². The van der Waals surface area contributed by atoms with E-state index in [-0.39, 0.29) is 28.7 Å². The minimum Gasteiger partial charge on any atom is -0.490 e. The Kier molecular flexibility index (Phi) is 6.68. The largest absolute Gasteiger partial charge is 0.490 e. The van der Waals surface area contributed by atoms with Crippen molar-refractivity contribution < 1.29 is 27.2 Å². The van der Waals surface area contributed by atoms with Crippen LogP contribution < -0.4 is 14.4 Å². The van der Waals surface area contributed by atoms with Crippen LogP contribution in [0.1, 0.15) is 54.8 Å². The Morgan fingerprint density at radius 2 is 2.02 bits per heavy atom. The van der Waals surface area contributed by atoms with E-state index in [0.717, 1.165) is 37.0 Å². The van der Waals surface area contributed by atoms with Gasteiger partial charge in [0.25, 0.3) is 15.9 Å². The second-order valence-electron chi connectivity index (χ2n) is 12.8. The fourth-order valence-corrected chi connectivity index (χ4v) is 8.24. The molecule has 2 aliphatic heterocycles. The number of halogens is 1. The smallest absolute Gasteiger partial charge is 0.264 e. The number of amides is 1. The maximum Gasteiger partial charge on any atom is 0.264 e. The van der Waals surface area contributed by atoms with E-state index in [0.29, 0.717) is 36.2 Å². The minimum absolute atomic E-state index is 0.0559. The number of aliphatic hydroxyl groups is 1. The molecule has 2 heterocycles. The van der Waals surface area contributed by atoms with E-state index in [9.17, 15) is 18.3 Å². The topological polar surface area (TPSA) is 99.2 Å². The van der Waals surface area contributed by atoms with E-state index < -0.39 is 34.5 Å². The highest BCUT2D eigenvalue weighted by atomic mass is 35.5. The van der Waals surface area contributed by atoms with Crippen LogP contribution in [0.25, 0.3) is 0 Å². The monoisotopic (exact) mass is 616 g/mol. The van der Waals surface area contributed by atoms with Crippen LogP contribution in [0, 0.1) is 11.8 Å². The third kappa shape index (κ3) is 5.23. The molecule has 1 amide bonds. The third-order valence-corrected chi connectivity index (χ3v) is 11.3. The number of nitrogens with one attached hydrogen (secondary N) is 1. The molecular weight excluding hydrogens is 574 g/mol. The van der Waals surface area contributed by atoms with E-state index in [1.807, 2.05) is 12.1 Å². The first-order chi connectivity index (χ1) is 21.1. The number of sulfonamides is 1. The number of hydrogen-bond donors (Lipinski definition) is 2. The quantitative estimate of drug-likeness (QED) is 0.426. The van der Waals surface area contributed by atoms with Gasteiger partial charge in [-0.15, -0.1) is 0 Å². The predicted octanol–water partition coefficient (Wildman–Crippen LogP) is 4.29. The zero-order valence-corrected chi connectivity index (χ0v) is 25.5. The van der Waals surface area contributed by atoms with Crippen LogP contribution in [0.4, 0.5) is 5.69 Å². The fourth-order valence-electron chi connectivity index (χ4n) is 6.92. The number of ether oxygens (including phenoxy) is 1. The molecule has 0 radical (unpaired) electrons. The molecule has 2 aromatic carbocycles. The van der Waals surface area contributed by atoms with Gasteiger partial charge >= 0.3 is 0 Å². The van der Waals surface area contributed by atoms with Gasteiger partial charge in [-0.2, -0.15) is 0 Å². The van der Waals surface area contributed by atoms with Gasteiger partial charge in [-0.1, -0.05) is 29.8 Å². The maximum absolute atomic E-state index is 13.7. The Balaban J connectivity index is 1.44. The van der Waals surface area contributed by atoms with E-state index >= 15 is 0 Å². The number of anilines is 1. The number of benzene rings is 2. The molecule has 2 bridgehead atoms. The molecular formula is C32H40ClN3O5S. The molecule has 0 aromatic heterocycles. The first-order valence-corrected chi connectivity index (χ1v) is 16.5. The van der Waals surface area contributed by atoms with Crippen LogP contribution in [-0.2, 0) is 26.7 Å². The molecule has 226 valence electrons. The minimum atomic E-state index is -4.38. The second-order valence-corrected chi connectivity index (χ2v) is 14.9. The fraction of sp³-hybridized carbons (Fsp3) is 0.531. The van der Waals surface area contributed by atoms with Crippen molar-refractivity contribution in [1.29, 1.82) is 0 Å². The zero-order chi connectivity index (χ0) is 32.4. The van der Waals surface area contributed by atoms with Gasteiger partial charge in [0.05, 0.1) is 28.8 Å². The molecule has 1 saturated carbocycles. The van der Waals surface area contributed by atoms with Gasteiger partial charge < -0.3 is 14.7 Å². The first kappa shape index (κ1) is 25.9.